The molecule has 1 aromatic heterocycles. The van der Waals surface area contributed by atoms with Crippen LogP contribution in [0.25, 0.3) is 0 Å². The average molecular weight is 366 g/mol. The number of anilines is 1. The summed E-state index contributed by atoms with van der Waals surface area (Å²) in [4.78, 5) is 28.1. The van der Waals surface area contributed by atoms with Gasteiger partial charge in [0.15, 0.2) is 0 Å². The van der Waals surface area contributed by atoms with Crippen LogP contribution in [0.3, 0.4) is 0 Å². The SMILES string of the molecule is COC(=O)c1ccc(NC(=O)Cc2csc(Cc3ccccc3)n2)cc1. The van der Waals surface area contributed by atoms with E-state index in [0.717, 1.165) is 17.1 Å². The number of hydrogen-bond donors (Lipinski definition) is 1. The maximum Gasteiger partial charge on any atom is 0.337 e. The molecule has 0 spiro atoms. The van der Waals surface area contributed by atoms with Gasteiger partial charge in [-0.25, -0.2) is 9.78 Å². The van der Waals surface area contributed by atoms with Gasteiger partial charge in [-0.3, -0.25) is 4.79 Å². The maximum atomic E-state index is 12.2. The van der Waals surface area contributed by atoms with E-state index in [9.17, 15) is 9.59 Å². The Hall–Kier alpha value is -2.99. The van der Waals surface area contributed by atoms with Crippen LogP contribution < -0.4 is 5.32 Å². The fourth-order valence-electron chi connectivity index (χ4n) is 2.46. The molecule has 0 saturated carbocycles. The highest BCUT2D eigenvalue weighted by Gasteiger charge is 2.10. The number of ether oxygens (including phenoxy) is 1. The summed E-state index contributed by atoms with van der Waals surface area (Å²) in [6.45, 7) is 0. The van der Waals surface area contributed by atoms with Gasteiger partial charge < -0.3 is 10.1 Å². The van der Waals surface area contributed by atoms with Gasteiger partial charge in [0.1, 0.15) is 0 Å². The first-order chi connectivity index (χ1) is 12.6. The number of thiazole rings is 1. The summed E-state index contributed by atoms with van der Waals surface area (Å²) < 4.78 is 4.65. The summed E-state index contributed by atoms with van der Waals surface area (Å²) in [7, 11) is 1.33. The van der Waals surface area contributed by atoms with Crippen molar-refractivity contribution in [3.8, 4) is 0 Å². The van der Waals surface area contributed by atoms with Crippen molar-refractivity contribution in [3.05, 3.63) is 81.8 Å². The van der Waals surface area contributed by atoms with Crippen LogP contribution in [-0.2, 0) is 22.4 Å². The lowest BCUT2D eigenvalue weighted by Gasteiger charge is -2.05. The molecule has 0 saturated heterocycles. The molecule has 132 valence electrons. The van der Waals surface area contributed by atoms with E-state index in [2.05, 4.69) is 27.2 Å². The Morgan fingerprint density at radius 2 is 1.81 bits per heavy atom. The van der Waals surface area contributed by atoms with Gasteiger partial charge in [0.05, 0.1) is 29.8 Å². The van der Waals surface area contributed by atoms with E-state index >= 15 is 0 Å². The smallest absolute Gasteiger partial charge is 0.337 e. The van der Waals surface area contributed by atoms with Gasteiger partial charge in [-0.05, 0) is 29.8 Å². The molecule has 0 bridgehead atoms. The predicted octanol–water partition coefficient (Wildman–Crippen LogP) is 3.70. The molecule has 1 amide bonds. The van der Waals surface area contributed by atoms with E-state index in [1.807, 2.05) is 23.6 Å². The van der Waals surface area contributed by atoms with Crippen molar-refractivity contribution in [3.63, 3.8) is 0 Å². The highest BCUT2D eigenvalue weighted by atomic mass is 32.1. The molecule has 6 heteroatoms. The largest absolute Gasteiger partial charge is 0.465 e. The number of benzene rings is 2. The fourth-order valence-corrected chi connectivity index (χ4v) is 3.29. The van der Waals surface area contributed by atoms with Crippen molar-refractivity contribution in [2.45, 2.75) is 12.8 Å². The fraction of sp³-hybridized carbons (Fsp3) is 0.150. The van der Waals surface area contributed by atoms with Crippen molar-refractivity contribution in [2.24, 2.45) is 0 Å². The monoisotopic (exact) mass is 366 g/mol. The third-order valence-corrected chi connectivity index (χ3v) is 4.63. The lowest BCUT2D eigenvalue weighted by atomic mass is 10.2. The summed E-state index contributed by atoms with van der Waals surface area (Å²) in [6.07, 6.45) is 0.978. The summed E-state index contributed by atoms with van der Waals surface area (Å²) in [5.41, 5.74) is 3.02. The highest BCUT2D eigenvalue weighted by molar-refractivity contribution is 7.09. The number of esters is 1. The molecule has 1 heterocycles. The van der Waals surface area contributed by atoms with E-state index in [4.69, 9.17) is 0 Å². The number of carbonyl (C=O) groups excluding carboxylic acids is 2. The lowest BCUT2D eigenvalue weighted by Crippen LogP contribution is -2.14. The van der Waals surface area contributed by atoms with Crippen LogP contribution in [0, 0.1) is 0 Å². The minimum Gasteiger partial charge on any atom is -0.465 e. The highest BCUT2D eigenvalue weighted by Crippen LogP contribution is 2.16. The number of nitrogens with zero attached hydrogens (tertiary/aromatic N) is 1. The first kappa shape index (κ1) is 17.8. The van der Waals surface area contributed by atoms with Gasteiger partial charge in [-0.15, -0.1) is 11.3 Å². The summed E-state index contributed by atoms with van der Waals surface area (Å²) in [5.74, 6) is -0.552. The van der Waals surface area contributed by atoms with Crippen molar-refractivity contribution >= 4 is 28.9 Å². The van der Waals surface area contributed by atoms with Crippen LogP contribution in [-0.4, -0.2) is 24.0 Å². The molecular formula is C20H18N2O3S. The van der Waals surface area contributed by atoms with Gasteiger partial charge in [0, 0.05) is 17.5 Å². The molecule has 26 heavy (non-hydrogen) atoms. The standard InChI is InChI=1S/C20H18N2O3S/c1-25-20(24)15-7-9-16(10-8-15)21-18(23)12-17-13-26-19(22-17)11-14-5-3-2-4-6-14/h2-10,13H,11-12H2,1H3,(H,21,23). The van der Waals surface area contributed by atoms with Crippen LogP contribution in [0.1, 0.15) is 26.6 Å². The van der Waals surface area contributed by atoms with E-state index in [-0.39, 0.29) is 12.3 Å². The Morgan fingerprint density at radius 3 is 2.50 bits per heavy atom. The maximum absolute atomic E-state index is 12.2. The van der Waals surface area contributed by atoms with Crippen molar-refractivity contribution in [2.75, 3.05) is 12.4 Å². The van der Waals surface area contributed by atoms with Crippen LogP contribution in [0.5, 0.6) is 0 Å². The molecule has 0 aliphatic carbocycles. The van der Waals surface area contributed by atoms with Crippen molar-refractivity contribution in [1.29, 1.82) is 0 Å². The van der Waals surface area contributed by atoms with Crippen LogP contribution in [0.15, 0.2) is 60.0 Å². The van der Waals surface area contributed by atoms with E-state index < -0.39 is 5.97 Å². The zero-order valence-electron chi connectivity index (χ0n) is 14.3. The normalized spacial score (nSPS) is 10.3. The Morgan fingerprint density at radius 1 is 1.08 bits per heavy atom. The molecule has 0 radical (unpaired) electrons. The van der Waals surface area contributed by atoms with Crippen LogP contribution in [0.2, 0.25) is 0 Å². The van der Waals surface area contributed by atoms with Crippen molar-refractivity contribution in [1.82, 2.24) is 4.98 Å². The average Bonchev–Trinajstić information content (AvgIpc) is 3.09. The third kappa shape index (κ3) is 4.77. The summed E-state index contributed by atoms with van der Waals surface area (Å²) in [5, 5.41) is 5.71. The van der Waals surface area contributed by atoms with Crippen LogP contribution in [0.4, 0.5) is 5.69 Å². The zero-order chi connectivity index (χ0) is 18.4. The van der Waals surface area contributed by atoms with E-state index in [1.54, 1.807) is 35.6 Å². The molecule has 2 aromatic carbocycles. The van der Waals surface area contributed by atoms with Gasteiger partial charge in [-0.1, -0.05) is 30.3 Å². The Kier molecular flexibility index (Phi) is 5.76. The van der Waals surface area contributed by atoms with E-state index in [1.165, 1.54) is 12.7 Å². The number of aromatic nitrogens is 1. The van der Waals surface area contributed by atoms with Gasteiger partial charge in [0.25, 0.3) is 0 Å². The number of nitrogens with one attached hydrogen (secondary N) is 1. The van der Waals surface area contributed by atoms with Gasteiger partial charge in [-0.2, -0.15) is 0 Å². The molecule has 3 rings (SSSR count). The second-order valence-corrected chi connectivity index (χ2v) is 6.63. The molecular weight excluding hydrogens is 348 g/mol. The first-order valence-electron chi connectivity index (χ1n) is 8.09. The Bertz CT molecular complexity index is 889. The number of hydrogen-bond acceptors (Lipinski definition) is 5. The minimum atomic E-state index is -0.406. The second-order valence-electron chi connectivity index (χ2n) is 5.69. The third-order valence-electron chi connectivity index (χ3n) is 3.73. The van der Waals surface area contributed by atoms with Crippen molar-refractivity contribution < 1.29 is 14.3 Å². The minimum absolute atomic E-state index is 0.146. The number of carbonyl (C=O) groups is 2. The first-order valence-corrected chi connectivity index (χ1v) is 8.97. The van der Waals surface area contributed by atoms with E-state index in [0.29, 0.717) is 11.3 Å². The molecule has 0 aliphatic heterocycles. The molecule has 1 N–H and O–H groups in total. The number of amides is 1. The molecule has 0 fully saturated rings. The summed E-state index contributed by atoms with van der Waals surface area (Å²) >= 11 is 1.56. The Balaban J connectivity index is 1.56. The molecule has 3 aromatic rings. The lowest BCUT2D eigenvalue weighted by molar-refractivity contribution is -0.115. The molecule has 0 aliphatic rings. The molecule has 0 atom stereocenters. The Labute approximate surface area is 155 Å². The predicted molar refractivity (Wildman–Crippen MR) is 101 cm³/mol. The number of methoxy groups -OCH3 is 1. The molecule has 0 unspecified atom stereocenters. The van der Waals surface area contributed by atoms with Gasteiger partial charge in [0.2, 0.25) is 5.91 Å². The van der Waals surface area contributed by atoms with Gasteiger partial charge >= 0.3 is 5.97 Å². The zero-order valence-corrected chi connectivity index (χ0v) is 15.1. The topological polar surface area (TPSA) is 68.3 Å². The quantitative estimate of drug-likeness (QED) is 0.676. The molecule has 5 nitrogen and oxygen atoms in total. The van der Waals surface area contributed by atoms with Crippen LogP contribution >= 0.6 is 11.3 Å². The number of rotatable bonds is 6. The summed E-state index contributed by atoms with van der Waals surface area (Å²) in [6, 6.07) is 16.7. The second kappa shape index (κ2) is 8.40.